The van der Waals surface area contributed by atoms with Crippen molar-refractivity contribution in [1.82, 2.24) is 15.5 Å². The lowest BCUT2D eigenvalue weighted by atomic mass is 10.1. The first-order chi connectivity index (χ1) is 9.24. The van der Waals surface area contributed by atoms with E-state index < -0.39 is 0 Å². The first-order valence-corrected chi connectivity index (χ1v) is 7.36. The summed E-state index contributed by atoms with van der Waals surface area (Å²) in [6, 6.07) is 9.29. The first kappa shape index (κ1) is 13.7. The number of rotatable bonds is 5. The molecule has 1 N–H and O–H groups in total. The Hall–Kier alpha value is -1.73. The maximum atomic E-state index is 11.6. The molecule has 0 unspecified atom stereocenters. The SMILES string of the molecule is O=C(CSc1nncs1)NC(=O)Cc1ccccc1. The molecule has 98 valence electrons. The molecule has 0 spiro atoms. The summed E-state index contributed by atoms with van der Waals surface area (Å²) >= 11 is 2.63. The van der Waals surface area contributed by atoms with E-state index in [9.17, 15) is 9.59 Å². The highest BCUT2D eigenvalue weighted by Gasteiger charge is 2.10. The third kappa shape index (κ3) is 4.80. The Morgan fingerprint density at radius 2 is 2.00 bits per heavy atom. The van der Waals surface area contributed by atoms with E-state index in [0.717, 1.165) is 5.56 Å². The van der Waals surface area contributed by atoms with Crippen LogP contribution in [0.2, 0.25) is 0 Å². The van der Waals surface area contributed by atoms with E-state index in [1.807, 2.05) is 30.3 Å². The molecule has 1 heterocycles. The van der Waals surface area contributed by atoms with E-state index in [0.29, 0.717) is 4.34 Å². The highest BCUT2D eigenvalue weighted by molar-refractivity contribution is 8.01. The maximum Gasteiger partial charge on any atom is 0.237 e. The van der Waals surface area contributed by atoms with Crippen molar-refractivity contribution in [3.63, 3.8) is 0 Å². The zero-order chi connectivity index (χ0) is 13.5. The molecular formula is C12H11N3O2S2. The number of benzene rings is 1. The zero-order valence-electron chi connectivity index (χ0n) is 9.91. The predicted molar refractivity (Wildman–Crippen MR) is 73.9 cm³/mol. The zero-order valence-corrected chi connectivity index (χ0v) is 11.5. The fourth-order valence-electron chi connectivity index (χ4n) is 1.37. The van der Waals surface area contributed by atoms with Crippen molar-refractivity contribution in [2.75, 3.05) is 5.75 Å². The van der Waals surface area contributed by atoms with Gasteiger partial charge in [-0.1, -0.05) is 53.4 Å². The minimum Gasteiger partial charge on any atom is -0.295 e. The Kier molecular flexibility index (Phi) is 5.05. The number of nitrogens with zero attached hydrogens (tertiary/aromatic N) is 2. The number of carbonyl (C=O) groups excluding carboxylic acids is 2. The molecule has 0 aliphatic heterocycles. The van der Waals surface area contributed by atoms with Crippen LogP contribution in [-0.2, 0) is 16.0 Å². The van der Waals surface area contributed by atoms with Crippen LogP contribution >= 0.6 is 23.1 Å². The van der Waals surface area contributed by atoms with E-state index in [2.05, 4.69) is 15.5 Å². The lowest BCUT2D eigenvalue weighted by Crippen LogP contribution is -2.33. The van der Waals surface area contributed by atoms with Crippen molar-refractivity contribution in [3.05, 3.63) is 41.4 Å². The van der Waals surface area contributed by atoms with Gasteiger partial charge in [0, 0.05) is 0 Å². The van der Waals surface area contributed by atoms with Crippen LogP contribution in [0.25, 0.3) is 0 Å². The maximum absolute atomic E-state index is 11.6. The molecule has 7 heteroatoms. The third-order valence-corrected chi connectivity index (χ3v) is 4.01. The summed E-state index contributed by atoms with van der Waals surface area (Å²) in [5.41, 5.74) is 2.48. The Bertz CT molecular complexity index is 543. The van der Waals surface area contributed by atoms with Gasteiger partial charge in [0.25, 0.3) is 0 Å². The van der Waals surface area contributed by atoms with Crippen LogP contribution in [0, 0.1) is 0 Å². The number of carbonyl (C=O) groups is 2. The summed E-state index contributed by atoms with van der Waals surface area (Å²) in [5, 5.41) is 9.82. The van der Waals surface area contributed by atoms with Crippen molar-refractivity contribution in [3.8, 4) is 0 Å². The Morgan fingerprint density at radius 1 is 1.21 bits per heavy atom. The molecule has 0 saturated carbocycles. The first-order valence-electron chi connectivity index (χ1n) is 5.49. The normalized spacial score (nSPS) is 10.1. The number of hydrogen-bond donors (Lipinski definition) is 1. The van der Waals surface area contributed by atoms with Gasteiger partial charge in [0.1, 0.15) is 5.51 Å². The average Bonchev–Trinajstić information content (AvgIpc) is 2.90. The van der Waals surface area contributed by atoms with Crippen LogP contribution in [0.15, 0.2) is 40.2 Å². The van der Waals surface area contributed by atoms with E-state index >= 15 is 0 Å². The average molecular weight is 293 g/mol. The fraction of sp³-hybridized carbons (Fsp3) is 0.167. The van der Waals surface area contributed by atoms with Crippen molar-refractivity contribution < 1.29 is 9.59 Å². The van der Waals surface area contributed by atoms with Gasteiger partial charge in [0.15, 0.2) is 4.34 Å². The van der Waals surface area contributed by atoms with Crippen LogP contribution in [0.4, 0.5) is 0 Å². The lowest BCUT2D eigenvalue weighted by Gasteiger charge is -2.03. The number of hydrogen-bond acceptors (Lipinski definition) is 6. The van der Waals surface area contributed by atoms with Crippen LogP contribution in [0.3, 0.4) is 0 Å². The molecule has 0 aliphatic rings. The second kappa shape index (κ2) is 7.01. The van der Waals surface area contributed by atoms with Crippen molar-refractivity contribution >= 4 is 34.9 Å². The monoisotopic (exact) mass is 293 g/mol. The summed E-state index contributed by atoms with van der Waals surface area (Å²) in [4.78, 5) is 23.2. The molecule has 1 aromatic heterocycles. The number of amides is 2. The Labute approximate surface area is 118 Å². The number of aromatic nitrogens is 2. The molecule has 0 aliphatic carbocycles. The van der Waals surface area contributed by atoms with E-state index in [1.54, 1.807) is 5.51 Å². The van der Waals surface area contributed by atoms with E-state index in [4.69, 9.17) is 0 Å². The van der Waals surface area contributed by atoms with Crippen molar-refractivity contribution in [2.45, 2.75) is 10.8 Å². The lowest BCUT2D eigenvalue weighted by molar-refractivity contribution is -0.128. The van der Waals surface area contributed by atoms with Gasteiger partial charge in [-0.25, -0.2) is 0 Å². The highest BCUT2D eigenvalue weighted by Crippen LogP contribution is 2.18. The summed E-state index contributed by atoms with van der Waals surface area (Å²) in [5.74, 6) is -0.453. The van der Waals surface area contributed by atoms with Gasteiger partial charge in [-0.2, -0.15) is 0 Å². The molecule has 0 fully saturated rings. The smallest absolute Gasteiger partial charge is 0.237 e. The molecule has 2 aromatic rings. The summed E-state index contributed by atoms with van der Waals surface area (Å²) in [6.45, 7) is 0. The van der Waals surface area contributed by atoms with Gasteiger partial charge in [0.05, 0.1) is 12.2 Å². The molecule has 2 amide bonds. The largest absolute Gasteiger partial charge is 0.295 e. The summed E-state index contributed by atoms with van der Waals surface area (Å²) in [6.07, 6.45) is 0.204. The Balaban J connectivity index is 1.74. The van der Waals surface area contributed by atoms with Gasteiger partial charge < -0.3 is 0 Å². The minimum absolute atomic E-state index is 0.162. The van der Waals surface area contributed by atoms with Crippen molar-refractivity contribution in [2.24, 2.45) is 0 Å². The van der Waals surface area contributed by atoms with Gasteiger partial charge in [-0.05, 0) is 5.56 Å². The summed E-state index contributed by atoms with van der Waals surface area (Å²) < 4.78 is 0.714. The molecule has 0 atom stereocenters. The third-order valence-electron chi connectivity index (χ3n) is 2.15. The molecule has 0 bridgehead atoms. The molecule has 19 heavy (non-hydrogen) atoms. The quantitative estimate of drug-likeness (QED) is 0.846. The summed E-state index contributed by atoms with van der Waals surface area (Å²) in [7, 11) is 0. The molecule has 0 saturated heterocycles. The van der Waals surface area contributed by atoms with E-state index in [1.165, 1.54) is 23.1 Å². The minimum atomic E-state index is -0.318. The molecular weight excluding hydrogens is 282 g/mol. The predicted octanol–water partition coefficient (Wildman–Crippen LogP) is 1.52. The molecule has 1 aromatic carbocycles. The van der Waals surface area contributed by atoms with Gasteiger partial charge >= 0.3 is 0 Å². The number of thioether (sulfide) groups is 1. The number of nitrogens with one attached hydrogen (secondary N) is 1. The van der Waals surface area contributed by atoms with E-state index in [-0.39, 0.29) is 24.0 Å². The second-order valence-corrected chi connectivity index (χ2v) is 5.68. The van der Waals surface area contributed by atoms with Gasteiger partial charge in [-0.3, -0.25) is 14.9 Å². The fourth-order valence-corrected chi connectivity index (χ4v) is 2.66. The van der Waals surface area contributed by atoms with Gasteiger partial charge in [-0.15, -0.1) is 10.2 Å². The second-order valence-electron chi connectivity index (χ2n) is 3.63. The van der Waals surface area contributed by atoms with Crippen LogP contribution in [0.5, 0.6) is 0 Å². The van der Waals surface area contributed by atoms with Crippen molar-refractivity contribution in [1.29, 1.82) is 0 Å². The topological polar surface area (TPSA) is 72.0 Å². The highest BCUT2D eigenvalue weighted by atomic mass is 32.2. The van der Waals surface area contributed by atoms with Crippen LogP contribution < -0.4 is 5.32 Å². The Morgan fingerprint density at radius 3 is 2.68 bits per heavy atom. The van der Waals surface area contributed by atoms with Gasteiger partial charge in [0.2, 0.25) is 11.8 Å². The number of imide groups is 1. The van der Waals surface area contributed by atoms with Crippen LogP contribution in [0.1, 0.15) is 5.56 Å². The molecule has 0 radical (unpaired) electrons. The van der Waals surface area contributed by atoms with Crippen LogP contribution in [-0.4, -0.2) is 27.8 Å². The molecule has 2 rings (SSSR count). The standard InChI is InChI=1S/C12H11N3O2S2/c16-10(6-9-4-2-1-3-5-9)14-11(17)7-18-12-15-13-8-19-12/h1-5,8H,6-7H2,(H,14,16,17). The molecule has 5 nitrogen and oxygen atoms in total.